The van der Waals surface area contributed by atoms with Crippen LogP contribution in [0.25, 0.3) is 5.82 Å². The lowest BCUT2D eigenvalue weighted by Crippen LogP contribution is -2.52. The molecular weight excluding hydrogens is 423 g/mol. The maximum Gasteiger partial charge on any atom is 0.417 e. The largest absolute Gasteiger partial charge is 0.417 e. The van der Waals surface area contributed by atoms with Crippen molar-refractivity contribution in [3.63, 3.8) is 0 Å². The topological polar surface area (TPSA) is 71.3 Å². The van der Waals surface area contributed by atoms with Crippen molar-refractivity contribution in [1.29, 1.82) is 0 Å². The zero-order valence-corrected chi connectivity index (χ0v) is 18.1. The number of piperazine rings is 1. The summed E-state index contributed by atoms with van der Waals surface area (Å²) in [6.45, 7) is 5.68. The number of hydrogen-bond acceptors (Lipinski definition) is 4. The molecule has 32 heavy (non-hydrogen) atoms. The Morgan fingerprint density at radius 3 is 2.19 bits per heavy atom. The first kappa shape index (κ1) is 22.3. The summed E-state index contributed by atoms with van der Waals surface area (Å²) in [7, 11) is 0. The second-order valence-corrected chi connectivity index (χ2v) is 8.66. The normalized spacial score (nSPS) is 17.6. The van der Waals surface area contributed by atoms with E-state index in [2.05, 4.69) is 10.1 Å². The Hall–Kier alpha value is -2.91. The SMILES string of the molecule is CC(C)c1c(C(=O)N2CCN(C(=O)C3CCC3)CC2)cnn1-c1ccc(C(F)(F)F)cn1. The van der Waals surface area contributed by atoms with Gasteiger partial charge < -0.3 is 9.80 Å². The van der Waals surface area contributed by atoms with E-state index in [0.29, 0.717) is 37.4 Å². The number of halogens is 3. The minimum atomic E-state index is -4.47. The molecule has 4 rings (SSSR count). The van der Waals surface area contributed by atoms with Crippen LogP contribution in [0, 0.1) is 5.92 Å². The number of alkyl halides is 3. The van der Waals surface area contributed by atoms with E-state index in [4.69, 9.17) is 0 Å². The first-order valence-electron chi connectivity index (χ1n) is 10.9. The van der Waals surface area contributed by atoms with E-state index >= 15 is 0 Å². The molecular formula is C22H26F3N5O2. The minimum absolute atomic E-state index is 0.109. The van der Waals surface area contributed by atoms with Crippen LogP contribution in [-0.4, -0.2) is 62.6 Å². The number of nitrogens with zero attached hydrogens (tertiary/aromatic N) is 5. The zero-order valence-electron chi connectivity index (χ0n) is 18.1. The molecule has 7 nitrogen and oxygen atoms in total. The van der Waals surface area contributed by atoms with E-state index in [-0.39, 0.29) is 29.5 Å². The highest BCUT2D eigenvalue weighted by Gasteiger charge is 2.34. The third-order valence-corrected chi connectivity index (χ3v) is 6.21. The molecule has 0 atom stereocenters. The van der Waals surface area contributed by atoms with Gasteiger partial charge in [-0.3, -0.25) is 9.59 Å². The number of rotatable bonds is 4. The van der Waals surface area contributed by atoms with Crippen molar-refractivity contribution < 1.29 is 22.8 Å². The summed E-state index contributed by atoms with van der Waals surface area (Å²) >= 11 is 0. The average molecular weight is 449 g/mol. The van der Waals surface area contributed by atoms with E-state index in [1.807, 2.05) is 18.7 Å². The summed E-state index contributed by atoms with van der Waals surface area (Å²) in [5.74, 6) is 0.243. The third kappa shape index (κ3) is 4.22. The van der Waals surface area contributed by atoms with Gasteiger partial charge in [0.25, 0.3) is 5.91 Å². The van der Waals surface area contributed by atoms with Crippen LogP contribution in [0.3, 0.4) is 0 Å². The molecule has 1 saturated heterocycles. The first-order chi connectivity index (χ1) is 15.2. The van der Waals surface area contributed by atoms with Crippen molar-refractivity contribution in [3.05, 3.63) is 41.3 Å². The van der Waals surface area contributed by atoms with Gasteiger partial charge in [0.15, 0.2) is 5.82 Å². The molecule has 2 fully saturated rings. The highest BCUT2D eigenvalue weighted by molar-refractivity contribution is 5.95. The number of carbonyl (C=O) groups excluding carboxylic acids is 2. The Kier molecular flexibility index (Phi) is 5.96. The molecule has 0 unspecified atom stereocenters. The predicted octanol–water partition coefficient (Wildman–Crippen LogP) is 3.49. The van der Waals surface area contributed by atoms with Crippen LogP contribution < -0.4 is 0 Å². The van der Waals surface area contributed by atoms with E-state index in [1.165, 1.54) is 16.9 Å². The second-order valence-electron chi connectivity index (χ2n) is 8.66. The molecule has 0 spiro atoms. The monoisotopic (exact) mass is 449 g/mol. The molecule has 2 amide bonds. The molecule has 0 N–H and O–H groups in total. The smallest absolute Gasteiger partial charge is 0.339 e. The molecule has 1 aliphatic heterocycles. The van der Waals surface area contributed by atoms with E-state index < -0.39 is 11.7 Å². The number of pyridine rings is 1. The zero-order chi connectivity index (χ0) is 23.0. The van der Waals surface area contributed by atoms with Gasteiger partial charge in [-0.25, -0.2) is 9.67 Å². The van der Waals surface area contributed by atoms with Crippen LogP contribution in [0.4, 0.5) is 13.2 Å². The first-order valence-corrected chi connectivity index (χ1v) is 10.9. The van der Waals surface area contributed by atoms with Crippen LogP contribution in [-0.2, 0) is 11.0 Å². The Labute approximate surface area is 184 Å². The molecule has 1 aliphatic carbocycles. The van der Waals surface area contributed by atoms with Crippen molar-refractivity contribution in [1.82, 2.24) is 24.6 Å². The van der Waals surface area contributed by atoms with E-state index in [9.17, 15) is 22.8 Å². The summed E-state index contributed by atoms with van der Waals surface area (Å²) in [5, 5.41) is 4.26. The highest BCUT2D eigenvalue weighted by atomic mass is 19.4. The lowest BCUT2D eigenvalue weighted by molar-refractivity contribution is -0.139. The van der Waals surface area contributed by atoms with E-state index in [0.717, 1.165) is 31.5 Å². The molecule has 172 valence electrons. The maximum atomic E-state index is 13.2. The van der Waals surface area contributed by atoms with E-state index in [1.54, 1.807) is 4.90 Å². The van der Waals surface area contributed by atoms with Gasteiger partial charge in [-0.15, -0.1) is 0 Å². The van der Waals surface area contributed by atoms with Crippen LogP contribution in [0.1, 0.15) is 60.6 Å². The predicted molar refractivity (Wildman–Crippen MR) is 110 cm³/mol. The van der Waals surface area contributed by atoms with Gasteiger partial charge >= 0.3 is 6.18 Å². The fourth-order valence-electron chi connectivity index (χ4n) is 4.15. The summed E-state index contributed by atoms with van der Waals surface area (Å²) in [6, 6.07) is 2.20. The van der Waals surface area contributed by atoms with Gasteiger partial charge in [-0.2, -0.15) is 18.3 Å². The molecule has 0 bridgehead atoms. The Balaban J connectivity index is 1.51. The van der Waals surface area contributed by atoms with Crippen LogP contribution >= 0.6 is 0 Å². The molecule has 3 heterocycles. The maximum absolute atomic E-state index is 13.2. The van der Waals surface area contributed by atoms with Gasteiger partial charge in [0, 0.05) is 38.3 Å². The van der Waals surface area contributed by atoms with Crippen molar-refractivity contribution in [3.8, 4) is 5.82 Å². The Bertz CT molecular complexity index is 988. The van der Waals surface area contributed by atoms with Crippen molar-refractivity contribution in [2.24, 2.45) is 5.92 Å². The fourth-order valence-corrected chi connectivity index (χ4v) is 4.15. The molecule has 10 heteroatoms. The summed E-state index contributed by atoms with van der Waals surface area (Å²) < 4.78 is 40.0. The minimum Gasteiger partial charge on any atom is -0.339 e. The standard InChI is InChI=1S/C22H26F3N5O2/c1-14(2)19-17(13-27-30(19)18-7-6-16(12-26-18)22(23,24)25)21(32)29-10-8-28(9-11-29)20(31)15-4-3-5-15/h6-7,12-15H,3-5,8-11H2,1-2H3. The van der Waals surface area contributed by atoms with Crippen molar-refractivity contribution in [2.45, 2.75) is 45.2 Å². The molecule has 1 saturated carbocycles. The van der Waals surface area contributed by atoms with Crippen molar-refractivity contribution >= 4 is 11.8 Å². The molecule has 2 aromatic rings. The van der Waals surface area contributed by atoms with Gasteiger partial charge in [-0.05, 0) is 30.9 Å². The molecule has 0 aromatic carbocycles. The van der Waals surface area contributed by atoms with Gasteiger partial charge in [-0.1, -0.05) is 20.3 Å². The van der Waals surface area contributed by atoms with Gasteiger partial charge in [0.05, 0.1) is 23.0 Å². The summed E-state index contributed by atoms with van der Waals surface area (Å²) in [4.78, 5) is 33.1. The van der Waals surface area contributed by atoms with Crippen LogP contribution in [0.15, 0.2) is 24.5 Å². The van der Waals surface area contributed by atoms with Gasteiger partial charge in [0.2, 0.25) is 5.91 Å². The Morgan fingerprint density at radius 1 is 1.03 bits per heavy atom. The average Bonchev–Trinajstić information content (AvgIpc) is 3.17. The molecule has 2 aliphatic rings. The van der Waals surface area contributed by atoms with Gasteiger partial charge in [0.1, 0.15) is 0 Å². The molecule has 0 radical (unpaired) electrons. The summed E-state index contributed by atoms with van der Waals surface area (Å²) in [5.41, 5.74) is 0.154. The second kappa shape index (κ2) is 8.55. The number of carbonyl (C=O) groups is 2. The summed E-state index contributed by atoms with van der Waals surface area (Å²) in [6.07, 6.45) is 0.744. The lowest BCUT2D eigenvalue weighted by Gasteiger charge is -2.38. The number of amides is 2. The number of aromatic nitrogens is 3. The Morgan fingerprint density at radius 2 is 1.69 bits per heavy atom. The third-order valence-electron chi connectivity index (χ3n) is 6.21. The van der Waals surface area contributed by atoms with Crippen LogP contribution in [0.5, 0.6) is 0 Å². The molecule has 2 aromatic heterocycles. The van der Waals surface area contributed by atoms with Crippen LogP contribution in [0.2, 0.25) is 0 Å². The lowest BCUT2D eigenvalue weighted by atomic mass is 9.84. The fraction of sp³-hybridized carbons (Fsp3) is 0.545. The number of hydrogen-bond donors (Lipinski definition) is 0. The highest BCUT2D eigenvalue weighted by Crippen LogP contribution is 2.30. The quantitative estimate of drug-likeness (QED) is 0.717. The van der Waals surface area contributed by atoms with Crippen molar-refractivity contribution in [2.75, 3.05) is 26.2 Å².